The fourth-order valence-electron chi connectivity index (χ4n) is 1.31. The number of hydrogen-bond acceptors (Lipinski definition) is 3. The lowest BCUT2D eigenvalue weighted by Crippen LogP contribution is -2.32. The van der Waals surface area contributed by atoms with E-state index in [1.165, 1.54) is 6.92 Å². The monoisotopic (exact) mass is 222 g/mol. The average molecular weight is 222 g/mol. The molecule has 0 aliphatic carbocycles. The fourth-order valence-corrected chi connectivity index (χ4v) is 1.31. The topological polar surface area (TPSA) is 46.5 Å². The molecule has 0 spiro atoms. The first kappa shape index (κ1) is 12.7. The van der Waals surface area contributed by atoms with Gasteiger partial charge in [-0.2, -0.15) is 0 Å². The van der Waals surface area contributed by atoms with Gasteiger partial charge in [0.25, 0.3) is 0 Å². The van der Waals surface area contributed by atoms with Crippen LogP contribution < -0.4 is 4.74 Å². The Morgan fingerprint density at radius 1 is 1.44 bits per heavy atom. The second-order valence-corrected chi connectivity index (χ2v) is 4.56. The summed E-state index contributed by atoms with van der Waals surface area (Å²) < 4.78 is 5.66. The molecule has 3 nitrogen and oxygen atoms in total. The molecule has 0 unspecified atom stereocenters. The molecule has 0 saturated carbocycles. The summed E-state index contributed by atoms with van der Waals surface area (Å²) in [6.07, 6.45) is 0. The number of aliphatic hydroxyl groups excluding tert-OH is 1. The zero-order chi connectivity index (χ0) is 12.3. The standard InChI is InChI=1S/C13H18O3/c1-9-7-11(10(2)15)5-6-12(9)16-13(3,4)8-14/h5-7,14H,8H2,1-4H3. The molecule has 0 amide bonds. The molecule has 1 aromatic carbocycles. The van der Waals surface area contributed by atoms with Crippen molar-refractivity contribution in [2.45, 2.75) is 33.3 Å². The molecule has 0 radical (unpaired) electrons. The molecular weight excluding hydrogens is 204 g/mol. The van der Waals surface area contributed by atoms with Crippen molar-refractivity contribution in [3.63, 3.8) is 0 Å². The van der Waals surface area contributed by atoms with Crippen molar-refractivity contribution in [1.82, 2.24) is 0 Å². The first-order valence-corrected chi connectivity index (χ1v) is 5.27. The van der Waals surface area contributed by atoms with Crippen LogP contribution in [0, 0.1) is 6.92 Å². The summed E-state index contributed by atoms with van der Waals surface area (Å²) in [6.45, 7) is 6.99. The van der Waals surface area contributed by atoms with E-state index in [4.69, 9.17) is 9.84 Å². The predicted octanol–water partition coefficient (Wildman–Crippen LogP) is 2.35. The van der Waals surface area contributed by atoms with Crippen LogP contribution in [0.5, 0.6) is 5.75 Å². The van der Waals surface area contributed by atoms with Gasteiger partial charge in [-0.25, -0.2) is 0 Å². The zero-order valence-electron chi connectivity index (χ0n) is 10.2. The van der Waals surface area contributed by atoms with Gasteiger partial charge in [-0.05, 0) is 51.5 Å². The summed E-state index contributed by atoms with van der Waals surface area (Å²) in [4.78, 5) is 11.2. The van der Waals surface area contributed by atoms with Gasteiger partial charge in [-0.15, -0.1) is 0 Å². The van der Waals surface area contributed by atoms with Crippen molar-refractivity contribution in [2.75, 3.05) is 6.61 Å². The number of benzene rings is 1. The van der Waals surface area contributed by atoms with Gasteiger partial charge in [0.05, 0.1) is 6.61 Å². The maximum atomic E-state index is 11.2. The van der Waals surface area contributed by atoms with Crippen LogP contribution in [0.25, 0.3) is 0 Å². The van der Waals surface area contributed by atoms with Crippen molar-refractivity contribution < 1.29 is 14.6 Å². The molecule has 0 heterocycles. The highest BCUT2D eigenvalue weighted by molar-refractivity contribution is 5.94. The van der Waals surface area contributed by atoms with E-state index in [0.29, 0.717) is 11.3 Å². The lowest BCUT2D eigenvalue weighted by atomic mass is 10.1. The Balaban J connectivity index is 2.96. The van der Waals surface area contributed by atoms with E-state index < -0.39 is 5.60 Å². The van der Waals surface area contributed by atoms with Gasteiger partial charge in [0.1, 0.15) is 11.4 Å². The molecule has 1 rings (SSSR count). The van der Waals surface area contributed by atoms with Crippen LogP contribution in [-0.4, -0.2) is 23.1 Å². The Kier molecular flexibility index (Phi) is 3.70. The molecule has 0 aliphatic heterocycles. The Morgan fingerprint density at radius 2 is 2.06 bits per heavy atom. The van der Waals surface area contributed by atoms with Gasteiger partial charge in [-0.3, -0.25) is 4.79 Å². The molecule has 1 N–H and O–H groups in total. The highest BCUT2D eigenvalue weighted by Crippen LogP contribution is 2.23. The van der Waals surface area contributed by atoms with Gasteiger partial charge in [0.2, 0.25) is 0 Å². The molecule has 0 fully saturated rings. The quantitative estimate of drug-likeness (QED) is 0.795. The number of ketones is 1. The smallest absolute Gasteiger partial charge is 0.159 e. The molecule has 0 aliphatic rings. The first-order chi connectivity index (χ1) is 7.35. The Morgan fingerprint density at radius 3 is 2.50 bits per heavy atom. The molecule has 1 aromatic rings. The number of carbonyl (C=O) groups is 1. The second-order valence-electron chi connectivity index (χ2n) is 4.56. The highest BCUT2D eigenvalue weighted by atomic mass is 16.5. The van der Waals surface area contributed by atoms with Crippen LogP contribution in [0.2, 0.25) is 0 Å². The van der Waals surface area contributed by atoms with Crippen LogP contribution in [0.4, 0.5) is 0 Å². The van der Waals surface area contributed by atoms with Crippen molar-refractivity contribution >= 4 is 5.78 Å². The summed E-state index contributed by atoms with van der Waals surface area (Å²) in [7, 11) is 0. The summed E-state index contributed by atoms with van der Waals surface area (Å²) >= 11 is 0. The number of hydrogen-bond donors (Lipinski definition) is 1. The number of ether oxygens (including phenoxy) is 1. The van der Waals surface area contributed by atoms with E-state index in [9.17, 15) is 4.79 Å². The minimum absolute atomic E-state index is 0.0380. The summed E-state index contributed by atoms with van der Waals surface area (Å²) in [5.74, 6) is 0.736. The molecule has 0 saturated heterocycles. The number of rotatable bonds is 4. The minimum Gasteiger partial charge on any atom is -0.485 e. The molecule has 0 bridgehead atoms. The van der Waals surface area contributed by atoms with Crippen LogP contribution in [0.15, 0.2) is 18.2 Å². The number of Topliss-reactive ketones (excluding diaryl/α,β-unsaturated/α-hetero) is 1. The zero-order valence-corrected chi connectivity index (χ0v) is 10.2. The van der Waals surface area contributed by atoms with Gasteiger partial charge in [-0.1, -0.05) is 0 Å². The lowest BCUT2D eigenvalue weighted by Gasteiger charge is -2.25. The SMILES string of the molecule is CC(=O)c1ccc(OC(C)(C)CO)c(C)c1. The van der Waals surface area contributed by atoms with E-state index in [-0.39, 0.29) is 12.4 Å². The van der Waals surface area contributed by atoms with Crippen LogP contribution in [0.1, 0.15) is 36.7 Å². The van der Waals surface area contributed by atoms with E-state index in [1.54, 1.807) is 18.2 Å². The summed E-state index contributed by atoms with van der Waals surface area (Å²) in [5.41, 5.74) is 0.962. The Bertz CT molecular complexity index is 394. The molecular formula is C13H18O3. The van der Waals surface area contributed by atoms with Crippen LogP contribution >= 0.6 is 0 Å². The van der Waals surface area contributed by atoms with Gasteiger partial charge in [0, 0.05) is 5.56 Å². The predicted molar refractivity (Wildman–Crippen MR) is 63.0 cm³/mol. The number of aryl methyl sites for hydroxylation is 1. The average Bonchev–Trinajstić information content (AvgIpc) is 2.20. The van der Waals surface area contributed by atoms with E-state index >= 15 is 0 Å². The molecule has 3 heteroatoms. The van der Waals surface area contributed by atoms with Gasteiger partial charge >= 0.3 is 0 Å². The second kappa shape index (κ2) is 4.66. The Labute approximate surface area is 96.1 Å². The van der Waals surface area contributed by atoms with Crippen molar-refractivity contribution in [1.29, 1.82) is 0 Å². The normalized spacial score (nSPS) is 11.3. The summed E-state index contributed by atoms with van der Waals surface area (Å²) in [5, 5.41) is 9.11. The molecule has 16 heavy (non-hydrogen) atoms. The van der Waals surface area contributed by atoms with E-state index in [1.807, 2.05) is 20.8 Å². The third-order valence-electron chi connectivity index (χ3n) is 2.35. The third kappa shape index (κ3) is 3.07. The van der Waals surface area contributed by atoms with Gasteiger partial charge < -0.3 is 9.84 Å². The largest absolute Gasteiger partial charge is 0.485 e. The molecule has 88 valence electrons. The van der Waals surface area contributed by atoms with Gasteiger partial charge in [0.15, 0.2) is 5.78 Å². The van der Waals surface area contributed by atoms with Crippen molar-refractivity contribution in [3.05, 3.63) is 29.3 Å². The minimum atomic E-state index is -0.609. The Hall–Kier alpha value is -1.35. The van der Waals surface area contributed by atoms with Crippen molar-refractivity contribution in [2.24, 2.45) is 0 Å². The first-order valence-electron chi connectivity index (χ1n) is 5.27. The van der Waals surface area contributed by atoms with Crippen LogP contribution in [0.3, 0.4) is 0 Å². The maximum absolute atomic E-state index is 11.2. The van der Waals surface area contributed by atoms with E-state index in [2.05, 4.69) is 0 Å². The fraction of sp³-hybridized carbons (Fsp3) is 0.462. The molecule has 0 aromatic heterocycles. The van der Waals surface area contributed by atoms with Crippen LogP contribution in [-0.2, 0) is 0 Å². The highest BCUT2D eigenvalue weighted by Gasteiger charge is 2.19. The third-order valence-corrected chi connectivity index (χ3v) is 2.35. The lowest BCUT2D eigenvalue weighted by molar-refractivity contribution is 0.0406. The van der Waals surface area contributed by atoms with E-state index in [0.717, 1.165) is 5.56 Å². The maximum Gasteiger partial charge on any atom is 0.159 e. The number of aliphatic hydroxyl groups is 1. The van der Waals surface area contributed by atoms with Crippen molar-refractivity contribution in [3.8, 4) is 5.75 Å². The number of carbonyl (C=O) groups excluding carboxylic acids is 1. The summed E-state index contributed by atoms with van der Waals surface area (Å²) in [6, 6.07) is 5.30. The molecule has 0 atom stereocenters.